The van der Waals surface area contributed by atoms with Crippen LogP contribution in [0.1, 0.15) is 60.8 Å². The van der Waals surface area contributed by atoms with Crippen molar-refractivity contribution in [2.24, 2.45) is 5.73 Å². The van der Waals surface area contributed by atoms with Crippen molar-refractivity contribution in [2.45, 2.75) is 71.9 Å². The normalized spacial score (nSPS) is 13.6. The van der Waals surface area contributed by atoms with Crippen molar-refractivity contribution in [1.82, 2.24) is 4.90 Å². The lowest BCUT2D eigenvalue weighted by atomic mass is 9.95. The monoisotopic (exact) mass is 214 g/mol. The van der Waals surface area contributed by atoms with E-state index in [0.29, 0.717) is 0 Å². The number of unbranched alkanes of at least 4 members (excludes halogenated alkanes) is 2. The highest BCUT2D eigenvalue weighted by Gasteiger charge is 2.30. The highest BCUT2D eigenvalue weighted by Crippen LogP contribution is 2.25. The number of nitrogens with two attached hydrogens (primary N) is 1. The van der Waals surface area contributed by atoms with Crippen molar-refractivity contribution >= 4 is 0 Å². The maximum absolute atomic E-state index is 5.50. The lowest BCUT2D eigenvalue weighted by Gasteiger charge is -2.45. The third-order valence-corrected chi connectivity index (χ3v) is 2.71. The molecule has 0 fully saturated rings. The van der Waals surface area contributed by atoms with E-state index in [1.807, 2.05) is 0 Å². The number of hydrogen-bond donors (Lipinski definition) is 1. The fourth-order valence-electron chi connectivity index (χ4n) is 2.27. The largest absolute Gasteiger partial charge is 0.330 e. The van der Waals surface area contributed by atoms with Gasteiger partial charge >= 0.3 is 0 Å². The van der Waals surface area contributed by atoms with Gasteiger partial charge in [0.25, 0.3) is 0 Å². The zero-order chi connectivity index (χ0) is 12.1. The van der Waals surface area contributed by atoms with Crippen LogP contribution < -0.4 is 5.73 Å². The molecule has 2 nitrogen and oxygen atoms in total. The van der Waals surface area contributed by atoms with Crippen LogP contribution in [0, 0.1) is 0 Å². The van der Waals surface area contributed by atoms with E-state index in [0.717, 1.165) is 13.0 Å². The number of hydrogen-bond acceptors (Lipinski definition) is 2. The van der Waals surface area contributed by atoms with Gasteiger partial charge in [0.2, 0.25) is 0 Å². The van der Waals surface area contributed by atoms with E-state index in [2.05, 4.69) is 46.4 Å². The number of nitrogens with zero attached hydrogens (tertiary/aromatic N) is 1. The molecule has 92 valence electrons. The van der Waals surface area contributed by atoms with E-state index >= 15 is 0 Å². The molecule has 0 aliphatic carbocycles. The average Bonchev–Trinajstić information content (AvgIpc) is 1.99. The number of rotatable bonds is 5. The molecule has 0 bridgehead atoms. The van der Waals surface area contributed by atoms with Crippen LogP contribution in [0.5, 0.6) is 0 Å². The third kappa shape index (κ3) is 6.16. The fraction of sp³-hybridized carbons (Fsp3) is 1.00. The summed E-state index contributed by atoms with van der Waals surface area (Å²) < 4.78 is 0. The van der Waals surface area contributed by atoms with Crippen LogP contribution in [0.4, 0.5) is 0 Å². The maximum atomic E-state index is 5.50. The first-order chi connectivity index (χ1) is 6.69. The van der Waals surface area contributed by atoms with Gasteiger partial charge in [0.1, 0.15) is 0 Å². The molecule has 0 saturated carbocycles. The summed E-state index contributed by atoms with van der Waals surface area (Å²) in [5, 5.41) is 0. The van der Waals surface area contributed by atoms with Gasteiger partial charge in [-0.3, -0.25) is 4.90 Å². The first kappa shape index (κ1) is 14.9. The highest BCUT2D eigenvalue weighted by atomic mass is 15.2. The van der Waals surface area contributed by atoms with Crippen molar-refractivity contribution in [3.05, 3.63) is 0 Å². The summed E-state index contributed by atoms with van der Waals surface area (Å²) in [5.41, 5.74) is 6.01. The molecule has 2 heteroatoms. The maximum Gasteiger partial charge on any atom is 0.0130 e. The Morgan fingerprint density at radius 1 is 0.800 bits per heavy atom. The van der Waals surface area contributed by atoms with Gasteiger partial charge in [-0.1, -0.05) is 6.42 Å². The van der Waals surface area contributed by atoms with Crippen LogP contribution in [0.15, 0.2) is 0 Å². The molecule has 0 aliphatic rings. The van der Waals surface area contributed by atoms with E-state index in [-0.39, 0.29) is 11.1 Å². The molecule has 15 heavy (non-hydrogen) atoms. The average molecular weight is 214 g/mol. The summed E-state index contributed by atoms with van der Waals surface area (Å²) in [6.45, 7) is 15.8. The minimum atomic E-state index is 0.251. The second kappa shape index (κ2) is 5.86. The standard InChI is InChI=1S/C13H30N2/c1-12(2,3)15(13(4,5)6)11-9-7-8-10-14/h7-11,14H2,1-6H3. The van der Waals surface area contributed by atoms with E-state index < -0.39 is 0 Å². The second-order valence-electron chi connectivity index (χ2n) is 6.34. The molecule has 2 N–H and O–H groups in total. The molecular weight excluding hydrogens is 184 g/mol. The van der Waals surface area contributed by atoms with Crippen LogP contribution in [-0.2, 0) is 0 Å². The molecule has 0 aromatic rings. The van der Waals surface area contributed by atoms with Crippen molar-refractivity contribution in [2.75, 3.05) is 13.1 Å². The topological polar surface area (TPSA) is 29.3 Å². The van der Waals surface area contributed by atoms with Crippen molar-refractivity contribution < 1.29 is 0 Å². The summed E-state index contributed by atoms with van der Waals surface area (Å²) in [6, 6.07) is 0. The first-order valence-corrected chi connectivity index (χ1v) is 6.17. The Bertz CT molecular complexity index is 148. The lowest BCUT2D eigenvalue weighted by Crippen LogP contribution is -2.52. The molecule has 0 amide bonds. The van der Waals surface area contributed by atoms with Gasteiger partial charge in [0, 0.05) is 11.1 Å². The highest BCUT2D eigenvalue weighted by molar-refractivity contribution is 4.86. The molecule has 0 aliphatic heterocycles. The predicted octanol–water partition coefficient (Wildman–Crippen LogP) is 3.01. The molecule has 0 unspecified atom stereocenters. The van der Waals surface area contributed by atoms with E-state index in [9.17, 15) is 0 Å². The van der Waals surface area contributed by atoms with Gasteiger partial charge in [-0.2, -0.15) is 0 Å². The summed E-state index contributed by atoms with van der Waals surface area (Å²) in [7, 11) is 0. The van der Waals surface area contributed by atoms with Crippen LogP contribution in [-0.4, -0.2) is 29.1 Å². The Morgan fingerprint density at radius 2 is 1.27 bits per heavy atom. The Labute approximate surface area is 96.2 Å². The van der Waals surface area contributed by atoms with Crippen molar-refractivity contribution in [3.8, 4) is 0 Å². The zero-order valence-corrected chi connectivity index (χ0v) is 11.6. The third-order valence-electron chi connectivity index (χ3n) is 2.71. The summed E-state index contributed by atoms with van der Waals surface area (Å²) >= 11 is 0. The molecule has 0 aromatic heterocycles. The Kier molecular flexibility index (Phi) is 5.82. The van der Waals surface area contributed by atoms with Gasteiger partial charge in [0.15, 0.2) is 0 Å². The Balaban J connectivity index is 4.17. The van der Waals surface area contributed by atoms with Crippen LogP contribution >= 0.6 is 0 Å². The minimum absolute atomic E-state index is 0.251. The van der Waals surface area contributed by atoms with Crippen molar-refractivity contribution in [3.63, 3.8) is 0 Å². The predicted molar refractivity (Wildman–Crippen MR) is 69.1 cm³/mol. The second-order valence-corrected chi connectivity index (χ2v) is 6.34. The molecular formula is C13H30N2. The van der Waals surface area contributed by atoms with Gasteiger partial charge in [-0.25, -0.2) is 0 Å². The van der Waals surface area contributed by atoms with Gasteiger partial charge < -0.3 is 5.73 Å². The molecule has 0 atom stereocenters. The van der Waals surface area contributed by atoms with Crippen molar-refractivity contribution in [1.29, 1.82) is 0 Å². The van der Waals surface area contributed by atoms with Gasteiger partial charge in [0.05, 0.1) is 0 Å². The smallest absolute Gasteiger partial charge is 0.0130 e. The quantitative estimate of drug-likeness (QED) is 0.713. The van der Waals surface area contributed by atoms with E-state index in [4.69, 9.17) is 5.73 Å². The molecule has 0 saturated heterocycles. The zero-order valence-electron chi connectivity index (χ0n) is 11.6. The molecule has 0 spiro atoms. The molecule has 0 rings (SSSR count). The van der Waals surface area contributed by atoms with E-state index in [1.165, 1.54) is 19.4 Å². The molecule has 0 aromatic carbocycles. The van der Waals surface area contributed by atoms with Crippen LogP contribution in [0.3, 0.4) is 0 Å². The Morgan fingerprint density at radius 3 is 1.60 bits per heavy atom. The first-order valence-electron chi connectivity index (χ1n) is 6.17. The van der Waals surface area contributed by atoms with Gasteiger partial charge in [-0.05, 0) is 67.5 Å². The summed E-state index contributed by atoms with van der Waals surface area (Å²) in [6.07, 6.45) is 3.66. The molecule has 0 heterocycles. The molecule has 0 radical (unpaired) electrons. The summed E-state index contributed by atoms with van der Waals surface area (Å²) in [4.78, 5) is 2.58. The van der Waals surface area contributed by atoms with E-state index in [1.54, 1.807) is 0 Å². The Hall–Kier alpha value is -0.0800. The lowest BCUT2D eigenvalue weighted by molar-refractivity contribution is 0.0368. The van der Waals surface area contributed by atoms with Gasteiger partial charge in [-0.15, -0.1) is 0 Å². The van der Waals surface area contributed by atoms with Crippen LogP contribution in [0.25, 0.3) is 0 Å². The summed E-state index contributed by atoms with van der Waals surface area (Å²) in [5.74, 6) is 0. The minimum Gasteiger partial charge on any atom is -0.330 e. The SMILES string of the molecule is CC(C)(C)N(CCCCCN)C(C)(C)C. The van der Waals surface area contributed by atoms with Crippen LogP contribution in [0.2, 0.25) is 0 Å². The fourth-order valence-corrected chi connectivity index (χ4v) is 2.27.